The fourth-order valence-electron chi connectivity index (χ4n) is 2.88. The number of hydrogen-bond donors (Lipinski definition) is 4. The quantitative estimate of drug-likeness (QED) is 0.387. The normalized spacial score (nSPS) is 11.7. The van der Waals surface area contributed by atoms with Crippen molar-refractivity contribution in [2.24, 2.45) is 0 Å². The topological polar surface area (TPSA) is 179 Å². The summed E-state index contributed by atoms with van der Waals surface area (Å²) in [4.78, 5) is 28.0. The number of rotatable bonds is 5. The van der Waals surface area contributed by atoms with E-state index in [0.29, 0.717) is 22.5 Å². The van der Waals surface area contributed by atoms with Crippen molar-refractivity contribution in [3.05, 3.63) is 53.7 Å². The molecule has 5 N–H and O–H groups in total. The molecule has 11 nitrogen and oxygen atoms in total. The van der Waals surface area contributed by atoms with E-state index in [1.165, 1.54) is 6.20 Å². The van der Waals surface area contributed by atoms with E-state index in [4.69, 9.17) is 11.0 Å². The lowest BCUT2D eigenvalue weighted by molar-refractivity contribution is 0.0691. The maximum absolute atomic E-state index is 11.4. The van der Waals surface area contributed by atoms with Crippen molar-refractivity contribution in [2.45, 2.75) is 13.0 Å². The Morgan fingerprint density at radius 1 is 1.27 bits per heavy atom. The Morgan fingerprint density at radius 2 is 2.10 bits per heavy atom. The Balaban J connectivity index is 1.57. The van der Waals surface area contributed by atoms with E-state index in [0.717, 1.165) is 11.1 Å². The molecule has 11 heteroatoms. The van der Waals surface area contributed by atoms with Crippen LogP contribution in [0, 0.1) is 11.3 Å². The molecule has 4 rings (SSSR count). The lowest BCUT2D eigenvalue weighted by atomic mass is 10.1. The van der Waals surface area contributed by atoms with Crippen molar-refractivity contribution in [2.75, 3.05) is 11.1 Å². The van der Waals surface area contributed by atoms with Gasteiger partial charge in [0.1, 0.15) is 6.07 Å². The average Bonchev–Trinajstić information content (AvgIpc) is 3.14. The van der Waals surface area contributed by atoms with Crippen LogP contribution in [0.5, 0.6) is 0 Å². The van der Waals surface area contributed by atoms with Crippen molar-refractivity contribution in [3.8, 4) is 17.3 Å². The van der Waals surface area contributed by atoms with Gasteiger partial charge in [0.15, 0.2) is 28.7 Å². The van der Waals surface area contributed by atoms with E-state index < -0.39 is 5.97 Å². The Morgan fingerprint density at radius 3 is 2.80 bits per heavy atom. The summed E-state index contributed by atoms with van der Waals surface area (Å²) in [6.07, 6.45) is 4.57. The first-order chi connectivity index (χ1) is 14.5. The van der Waals surface area contributed by atoms with Gasteiger partial charge in [0.05, 0.1) is 23.3 Å². The fraction of sp³-hybridized carbons (Fsp3) is 0.105. The largest absolute Gasteiger partial charge is 0.476 e. The molecule has 1 unspecified atom stereocenters. The lowest BCUT2D eigenvalue weighted by Crippen LogP contribution is -2.14. The summed E-state index contributed by atoms with van der Waals surface area (Å²) in [5.74, 6) is -0.834. The molecule has 0 bridgehead atoms. The summed E-state index contributed by atoms with van der Waals surface area (Å²) in [6, 6.07) is 7.01. The molecule has 4 aromatic heterocycles. The van der Waals surface area contributed by atoms with Crippen molar-refractivity contribution in [1.82, 2.24) is 30.1 Å². The first kappa shape index (κ1) is 18.8. The van der Waals surface area contributed by atoms with Gasteiger partial charge in [0.25, 0.3) is 0 Å². The van der Waals surface area contributed by atoms with E-state index in [1.807, 2.05) is 25.1 Å². The van der Waals surface area contributed by atoms with Gasteiger partial charge < -0.3 is 16.2 Å². The summed E-state index contributed by atoms with van der Waals surface area (Å²) in [6.45, 7) is 1.84. The SMILES string of the molecule is CC(Nc1ncc(C#N)nc1C(=O)O)c1ccc(-c2cnc3[nH]nc(N)c3c2)nc1. The van der Waals surface area contributed by atoms with Crippen LogP contribution in [-0.4, -0.2) is 41.2 Å². The summed E-state index contributed by atoms with van der Waals surface area (Å²) in [5.41, 5.74) is 8.33. The Labute approximate surface area is 169 Å². The minimum Gasteiger partial charge on any atom is -0.476 e. The van der Waals surface area contributed by atoms with Crippen LogP contribution < -0.4 is 11.1 Å². The van der Waals surface area contributed by atoms with Crippen molar-refractivity contribution < 1.29 is 9.90 Å². The number of nitriles is 1. The summed E-state index contributed by atoms with van der Waals surface area (Å²) in [5, 5.41) is 28.6. The minimum absolute atomic E-state index is 0.0690. The molecule has 0 radical (unpaired) electrons. The molecule has 4 aromatic rings. The second kappa shape index (κ2) is 7.44. The lowest BCUT2D eigenvalue weighted by Gasteiger charge is -2.16. The summed E-state index contributed by atoms with van der Waals surface area (Å²) >= 11 is 0. The molecule has 0 aliphatic carbocycles. The van der Waals surface area contributed by atoms with Crippen LogP contribution in [-0.2, 0) is 0 Å². The average molecular weight is 401 g/mol. The number of fused-ring (bicyclic) bond motifs is 1. The number of nitrogens with two attached hydrogens (primary N) is 1. The van der Waals surface area contributed by atoms with Gasteiger partial charge in [-0.15, -0.1) is 0 Å². The van der Waals surface area contributed by atoms with Crippen LogP contribution in [0.15, 0.2) is 36.8 Å². The molecule has 0 saturated carbocycles. The summed E-state index contributed by atoms with van der Waals surface area (Å²) in [7, 11) is 0. The van der Waals surface area contributed by atoms with Gasteiger partial charge in [-0.05, 0) is 24.6 Å². The van der Waals surface area contributed by atoms with Gasteiger partial charge in [0, 0.05) is 18.0 Å². The standard InChI is InChI=1S/C19H15N9O2/c1-9(25-18-15(19(29)30)26-12(5-20)8-24-18)10-2-3-14(22-6-10)11-4-13-16(21)27-28-17(13)23-7-11/h2-4,6-9H,1H3,(H,24,25)(H,29,30)(H3,21,23,27,28). The van der Waals surface area contributed by atoms with Crippen LogP contribution in [0.25, 0.3) is 22.3 Å². The Bertz CT molecular complexity index is 1290. The molecule has 0 aliphatic rings. The van der Waals surface area contributed by atoms with E-state index in [1.54, 1.807) is 18.5 Å². The molecule has 0 amide bonds. The third-order valence-corrected chi connectivity index (χ3v) is 4.47. The van der Waals surface area contributed by atoms with Crippen LogP contribution in [0.3, 0.4) is 0 Å². The first-order valence-corrected chi connectivity index (χ1v) is 8.79. The second-order valence-electron chi connectivity index (χ2n) is 6.44. The third-order valence-electron chi connectivity index (χ3n) is 4.47. The van der Waals surface area contributed by atoms with Crippen LogP contribution in [0.4, 0.5) is 11.6 Å². The number of pyridine rings is 2. The highest BCUT2D eigenvalue weighted by atomic mass is 16.4. The van der Waals surface area contributed by atoms with Crippen LogP contribution in [0.1, 0.15) is 34.7 Å². The van der Waals surface area contributed by atoms with Gasteiger partial charge in [0.2, 0.25) is 0 Å². The van der Waals surface area contributed by atoms with Gasteiger partial charge in [-0.3, -0.25) is 10.1 Å². The van der Waals surface area contributed by atoms with E-state index in [9.17, 15) is 9.90 Å². The van der Waals surface area contributed by atoms with Crippen molar-refractivity contribution in [1.29, 1.82) is 5.26 Å². The molecule has 0 aromatic carbocycles. The number of aromatic nitrogens is 6. The Hall–Kier alpha value is -4.59. The highest BCUT2D eigenvalue weighted by Gasteiger charge is 2.17. The van der Waals surface area contributed by atoms with Gasteiger partial charge in [-0.2, -0.15) is 10.4 Å². The van der Waals surface area contributed by atoms with Gasteiger partial charge in [-0.1, -0.05) is 6.07 Å². The number of aromatic amines is 1. The summed E-state index contributed by atoms with van der Waals surface area (Å²) < 4.78 is 0. The molecular formula is C19H15N9O2. The number of carboxylic acids is 1. The monoisotopic (exact) mass is 401 g/mol. The molecular weight excluding hydrogens is 386 g/mol. The smallest absolute Gasteiger partial charge is 0.358 e. The molecule has 30 heavy (non-hydrogen) atoms. The zero-order valence-corrected chi connectivity index (χ0v) is 15.7. The predicted molar refractivity (Wildman–Crippen MR) is 107 cm³/mol. The molecule has 1 atom stereocenters. The minimum atomic E-state index is -1.27. The molecule has 0 aliphatic heterocycles. The number of H-pyrrole nitrogens is 1. The van der Waals surface area contributed by atoms with Crippen LogP contribution in [0.2, 0.25) is 0 Å². The van der Waals surface area contributed by atoms with E-state index in [-0.39, 0.29) is 23.2 Å². The molecule has 0 spiro atoms. The molecule has 148 valence electrons. The zero-order valence-electron chi connectivity index (χ0n) is 15.7. The zero-order chi connectivity index (χ0) is 21.3. The van der Waals surface area contributed by atoms with E-state index in [2.05, 4.69) is 35.5 Å². The van der Waals surface area contributed by atoms with Crippen molar-refractivity contribution in [3.63, 3.8) is 0 Å². The first-order valence-electron chi connectivity index (χ1n) is 8.79. The molecule has 0 fully saturated rings. The highest BCUT2D eigenvalue weighted by molar-refractivity contribution is 5.91. The number of carboxylic acid groups (broad SMARTS) is 1. The number of nitrogens with zero attached hydrogens (tertiary/aromatic N) is 6. The van der Waals surface area contributed by atoms with E-state index >= 15 is 0 Å². The Kier molecular flexibility index (Phi) is 4.65. The highest BCUT2D eigenvalue weighted by Crippen LogP contribution is 2.25. The number of carbonyl (C=O) groups is 1. The predicted octanol–water partition coefficient (Wildman–Crippen LogP) is 2.14. The second-order valence-corrected chi connectivity index (χ2v) is 6.44. The number of aromatic carboxylic acids is 1. The molecule has 0 saturated heterocycles. The van der Waals surface area contributed by atoms with Gasteiger partial charge >= 0.3 is 5.97 Å². The third kappa shape index (κ3) is 3.45. The molecule has 4 heterocycles. The maximum Gasteiger partial charge on any atom is 0.358 e. The van der Waals surface area contributed by atoms with Crippen LogP contribution >= 0.6 is 0 Å². The number of anilines is 2. The number of nitrogen functional groups attached to an aromatic ring is 1. The number of nitrogens with one attached hydrogen (secondary N) is 2. The van der Waals surface area contributed by atoms with Gasteiger partial charge in [-0.25, -0.2) is 19.7 Å². The fourth-order valence-corrected chi connectivity index (χ4v) is 2.88. The van der Waals surface area contributed by atoms with Crippen molar-refractivity contribution >= 4 is 28.6 Å². The maximum atomic E-state index is 11.4. The number of hydrogen-bond acceptors (Lipinski definition) is 9.